The van der Waals surface area contributed by atoms with E-state index in [0.717, 1.165) is 12.8 Å². The maximum Gasteiger partial charge on any atom is 0.182 e. The van der Waals surface area contributed by atoms with Gasteiger partial charge in [0, 0.05) is 19.3 Å². The van der Waals surface area contributed by atoms with Crippen LogP contribution in [0.25, 0.3) is 0 Å². The molecule has 1 heterocycles. The Hall–Kier alpha value is -1.18. The Bertz CT molecular complexity index is 567. The van der Waals surface area contributed by atoms with Crippen molar-refractivity contribution >= 4 is 9.84 Å². The van der Waals surface area contributed by atoms with Crippen LogP contribution in [0, 0.1) is 5.82 Å². The van der Waals surface area contributed by atoms with E-state index in [1.165, 1.54) is 19.2 Å². The van der Waals surface area contributed by atoms with Gasteiger partial charge in [0.2, 0.25) is 0 Å². The topological polar surface area (TPSA) is 64.6 Å². The summed E-state index contributed by atoms with van der Waals surface area (Å²) in [5.41, 5.74) is 0.564. The number of ether oxygens (including phenoxy) is 2. The number of hydrogen-bond acceptors (Lipinski definition) is 5. The molecule has 1 aliphatic heterocycles. The molecule has 0 amide bonds. The summed E-state index contributed by atoms with van der Waals surface area (Å²) in [5.74, 6) is -0.808. The number of hydrogen-bond donors (Lipinski definition) is 1. The first-order valence-electron chi connectivity index (χ1n) is 5.83. The lowest BCUT2D eigenvalue weighted by atomic mass is 10.1. The number of rotatable bonds is 3. The van der Waals surface area contributed by atoms with Gasteiger partial charge in [-0.25, -0.2) is 12.8 Å². The monoisotopic (exact) mass is 289 g/mol. The summed E-state index contributed by atoms with van der Waals surface area (Å²) in [6.45, 7) is 1.83. The van der Waals surface area contributed by atoms with E-state index in [0.29, 0.717) is 18.7 Å². The molecule has 1 aliphatic rings. The lowest BCUT2D eigenvalue weighted by Crippen LogP contribution is -2.33. The number of halogens is 1. The van der Waals surface area contributed by atoms with Gasteiger partial charge in [-0.3, -0.25) is 0 Å². The van der Waals surface area contributed by atoms with E-state index in [-0.39, 0.29) is 11.9 Å². The van der Waals surface area contributed by atoms with E-state index >= 15 is 0 Å². The van der Waals surface area contributed by atoms with Gasteiger partial charge < -0.3 is 14.8 Å². The molecule has 5 nitrogen and oxygen atoms in total. The predicted octanol–water partition coefficient (Wildman–Crippen LogP) is 0.899. The van der Waals surface area contributed by atoms with Gasteiger partial charge in [0.05, 0.1) is 19.8 Å². The molecule has 0 radical (unpaired) electrons. The number of benzene rings is 1. The quantitative estimate of drug-likeness (QED) is 0.895. The van der Waals surface area contributed by atoms with Gasteiger partial charge in [0.1, 0.15) is 16.5 Å². The normalized spacial score (nSPS) is 20.3. The van der Waals surface area contributed by atoms with Gasteiger partial charge >= 0.3 is 0 Å². The molecule has 0 aromatic heterocycles. The van der Waals surface area contributed by atoms with Crippen molar-refractivity contribution in [1.82, 2.24) is 5.32 Å². The van der Waals surface area contributed by atoms with Gasteiger partial charge in [0.15, 0.2) is 9.84 Å². The second-order valence-electron chi connectivity index (χ2n) is 4.37. The van der Waals surface area contributed by atoms with Crippen molar-refractivity contribution in [2.24, 2.45) is 0 Å². The highest BCUT2D eigenvalue weighted by Gasteiger charge is 2.24. The molecule has 1 unspecified atom stereocenters. The first-order valence-corrected chi connectivity index (χ1v) is 7.72. The van der Waals surface area contributed by atoms with Crippen LogP contribution in [0.4, 0.5) is 4.39 Å². The molecule has 1 atom stereocenters. The van der Waals surface area contributed by atoms with Crippen molar-refractivity contribution in [2.45, 2.75) is 11.0 Å². The van der Waals surface area contributed by atoms with Gasteiger partial charge in [0.25, 0.3) is 0 Å². The van der Waals surface area contributed by atoms with E-state index in [2.05, 4.69) is 5.32 Å². The van der Waals surface area contributed by atoms with Crippen LogP contribution in [0.5, 0.6) is 5.75 Å². The number of sulfone groups is 1. The van der Waals surface area contributed by atoms with Crippen LogP contribution in [0.2, 0.25) is 0 Å². The molecule has 106 valence electrons. The van der Waals surface area contributed by atoms with Crippen molar-refractivity contribution in [3.8, 4) is 5.75 Å². The van der Waals surface area contributed by atoms with Gasteiger partial charge in [-0.2, -0.15) is 0 Å². The molecule has 7 heteroatoms. The molecular formula is C12H16FNO4S. The van der Waals surface area contributed by atoms with Gasteiger partial charge in [-0.15, -0.1) is 0 Å². The molecule has 1 N–H and O–H groups in total. The Morgan fingerprint density at radius 1 is 1.47 bits per heavy atom. The first-order chi connectivity index (χ1) is 8.93. The lowest BCUT2D eigenvalue weighted by molar-refractivity contribution is 0.0273. The molecule has 1 fully saturated rings. The summed E-state index contributed by atoms with van der Waals surface area (Å²) >= 11 is 0. The third-order valence-corrected chi connectivity index (χ3v) is 4.06. The molecular weight excluding hydrogens is 273 g/mol. The summed E-state index contributed by atoms with van der Waals surface area (Å²) in [7, 11) is -2.37. The standard InChI is InChI=1S/C12H16FNO4S/c1-17-10-6-8(11-7-14-3-4-18-11)5-9(13)12(10)19(2,15)16/h5-6,11,14H,3-4,7H2,1-2H3. The lowest BCUT2D eigenvalue weighted by Gasteiger charge is -2.24. The van der Waals surface area contributed by atoms with Crippen LogP contribution in [-0.4, -0.2) is 41.5 Å². The molecule has 1 saturated heterocycles. The second kappa shape index (κ2) is 5.44. The van der Waals surface area contributed by atoms with Crippen LogP contribution in [0.15, 0.2) is 17.0 Å². The third kappa shape index (κ3) is 3.05. The average molecular weight is 289 g/mol. The van der Waals surface area contributed by atoms with Crippen molar-refractivity contribution in [2.75, 3.05) is 33.1 Å². The van der Waals surface area contributed by atoms with E-state index < -0.39 is 20.5 Å². The summed E-state index contributed by atoms with van der Waals surface area (Å²) in [4.78, 5) is -0.414. The summed E-state index contributed by atoms with van der Waals surface area (Å²) in [5, 5.41) is 3.13. The number of methoxy groups -OCH3 is 1. The first kappa shape index (κ1) is 14.2. The smallest absolute Gasteiger partial charge is 0.182 e. The van der Waals surface area contributed by atoms with E-state index in [9.17, 15) is 12.8 Å². The molecule has 0 aliphatic carbocycles. The summed E-state index contributed by atoms with van der Waals surface area (Å²) < 4.78 is 47.6. The number of nitrogens with one attached hydrogen (secondary N) is 1. The Labute approximate surface area is 111 Å². The zero-order valence-corrected chi connectivity index (χ0v) is 11.6. The second-order valence-corrected chi connectivity index (χ2v) is 6.32. The highest BCUT2D eigenvalue weighted by molar-refractivity contribution is 7.90. The Balaban J connectivity index is 2.47. The van der Waals surface area contributed by atoms with Crippen LogP contribution in [0.3, 0.4) is 0 Å². The average Bonchev–Trinajstić information content (AvgIpc) is 2.37. The zero-order valence-electron chi connectivity index (χ0n) is 10.8. The van der Waals surface area contributed by atoms with Crippen molar-refractivity contribution < 1.29 is 22.3 Å². The van der Waals surface area contributed by atoms with Crippen LogP contribution in [0.1, 0.15) is 11.7 Å². The number of morpholine rings is 1. The molecule has 2 rings (SSSR count). The maximum absolute atomic E-state index is 14.0. The highest BCUT2D eigenvalue weighted by Crippen LogP contribution is 2.31. The minimum atomic E-state index is -3.68. The van der Waals surface area contributed by atoms with Crippen LogP contribution < -0.4 is 10.1 Å². The third-order valence-electron chi connectivity index (χ3n) is 2.92. The molecule has 0 saturated carbocycles. The van der Waals surface area contributed by atoms with Crippen molar-refractivity contribution in [1.29, 1.82) is 0 Å². The Morgan fingerprint density at radius 2 is 2.21 bits per heavy atom. The van der Waals surface area contributed by atoms with Crippen molar-refractivity contribution in [3.05, 3.63) is 23.5 Å². The van der Waals surface area contributed by atoms with Crippen LogP contribution >= 0.6 is 0 Å². The Kier molecular flexibility index (Phi) is 4.07. The largest absolute Gasteiger partial charge is 0.495 e. The van der Waals surface area contributed by atoms with Gasteiger partial charge in [-0.1, -0.05) is 0 Å². The predicted molar refractivity (Wildman–Crippen MR) is 67.6 cm³/mol. The fraction of sp³-hybridized carbons (Fsp3) is 0.500. The molecule has 1 aromatic rings. The minimum absolute atomic E-state index is 0.00618. The SMILES string of the molecule is COc1cc(C2CNCCO2)cc(F)c1S(C)(=O)=O. The van der Waals surface area contributed by atoms with E-state index in [1.54, 1.807) is 0 Å². The molecule has 1 aromatic carbocycles. The summed E-state index contributed by atoms with van der Waals surface area (Å²) in [6, 6.07) is 2.70. The Morgan fingerprint density at radius 3 is 2.74 bits per heavy atom. The van der Waals surface area contributed by atoms with Gasteiger partial charge in [-0.05, 0) is 17.7 Å². The molecule has 19 heavy (non-hydrogen) atoms. The fourth-order valence-electron chi connectivity index (χ4n) is 2.07. The summed E-state index contributed by atoms with van der Waals surface area (Å²) in [6.07, 6.45) is 0.650. The fourth-order valence-corrected chi connectivity index (χ4v) is 2.99. The highest BCUT2D eigenvalue weighted by atomic mass is 32.2. The zero-order chi connectivity index (χ0) is 14.0. The molecule has 0 spiro atoms. The van der Waals surface area contributed by atoms with E-state index in [4.69, 9.17) is 9.47 Å². The maximum atomic E-state index is 14.0. The molecule has 0 bridgehead atoms. The minimum Gasteiger partial charge on any atom is -0.495 e. The van der Waals surface area contributed by atoms with Crippen LogP contribution in [-0.2, 0) is 14.6 Å². The van der Waals surface area contributed by atoms with E-state index in [1.807, 2.05) is 0 Å². The van der Waals surface area contributed by atoms with Crippen molar-refractivity contribution in [3.63, 3.8) is 0 Å².